The number of hydrogen-bond donors (Lipinski definition) is 1. The van der Waals surface area contributed by atoms with Crippen LogP contribution in [0.15, 0.2) is 23.1 Å². The van der Waals surface area contributed by atoms with Crippen LogP contribution in [0.2, 0.25) is 0 Å². The predicted molar refractivity (Wildman–Crippen MR) is 78.3 cm³/mol. The number of hydrogen-bond acceptors (Lipinski definition) is 3. The summed E-state index contributed by atoms with van der Waals surface area (Å²) in [6, 6.07) is 2.87. The zero-order chi connectivity index (χ0) is 15.7. The van der Waals surface area contributed by atoms with E-state index in [1.54, 1.807) is 0 Å². The second-order valence-electron chi connectivity index (χ2n) is 5.81. The molecule has 1 aliphatic rings. The molecule has 1 amide bonds. The molecule has 0 bridgehead atoms. The van der Waals surface area contributed by atoms with Crippen molar-refractivity contribution in [3.8, 4) is 0 Å². The van der Waals surface area contributed by atoms with Crippen molar-refractivity contribution in [3.05, 3.63) is 29.6 Å². The highest BCUT2D eigenvalue weighted by Crippen LogP contribution is 2.36. The quantitative estimate of drug-likeness (QED) is 0.861. The third kappa shape index (κ3) is 4.17. The molecule has 1 N–H and O–H groups in total. The molecule has 0 spiro atoms. The lowest BCUT2D eigenvalue weighted by Crippen LogP contribution is -2.34. The highest BCUT2D eigenvalue weighted by atomic mass is 35.7. The minimum atomic E-state index is -4.07. The molecular formula is C14H17ClFNO3S. The fourth-order valence-corrected chi connectivity index (χ4v) is 3.42. The Bertz CT molecular complexity index is 654. The maximum Gasteiger partial charge on any atom is 0.261 e. The molecule has 0 atom stereocenters. The summed E-state index contributed by atoms with van der Waals surface area (Å²) in [5.74, 6) is -1.31. The monoisotopic (exact) mass is 333 g/mol. The number of amides is 1. The van der Waals surface area contributed by atoms with Gasteiger partial charge in [0.1, 0.15) is 5.82 Å². The highest BCUT2D eigenvalue weighted by molar-refractivity contribution is 8.13. The van der Waals surface area contributed by atoms with E-state index in [1.165, 1.54) is 0 Å². The topological polar surface area (TPSA) is 63.2 Å². The van der Waals surface area contributed by atoms with E-state index in [-0.39, 0.29) is 11.0 Å². The van der Waals surface area contributed by atoms with Crippen molar-refractivity contribution in [2.45, 2.75) is 37.5 Å². The first-order valence-corrected chi connectivity index (χ1v) is 9.04. The van der Waals surface area contributed by atoms with E-state index in [1.807, 2.05) is 0 Å². The van der Waals surface area contributed by atoms with Crippen LogP contribution in [0.25, 0.3) is 0 Å². The molecule has 0 aliphatic heterocycles. The summed E-state index contributed by atoms with van der Waals surface area (Å²) in [6.45, 7) is 2.59. The Morgan fingerprint density at radius 3 is 2.52 bits per heavy atom. The van der Waals surface area contributed by atoms with E-state index in [0.29, 0.717) is 6.54 Å². The van der Waals surface area contributed by atoms with Gasteiger partial charge in [0.25, 0.3) is 15.0 Å². The van der Waals surface area contributed by atoms with Gasteiger partial charge in [-0.1, -0.05) is 19.8 Å². The molecule has 1 aliphatic carbocycles. The number of benzene rings is 1. The first kappa shape index (κ1) is 16.2. The smallest absolute Gasteiger partial charge is 0.261 e. The van der Waals surface area contributed by atoms with E-state index in [0.717, 1.165) is 43.9 Å². The Morgan fingerprint density at radius 2 is 1.95 bits per heavy atom. The minimum absolute atomic E-state index is 0.0455. The molecule has 1 aromatic carbocycles. The Kier molecular flexibility index (Phi) is 4.58. The van der Waals surface area contributed by atoms with Crippen molar-refractivity contribution < 1.29 is 17.6 Å². The number of rotatable bonds is 4. The summed E-state index contributed by atoms with van der Waals surface area (Å²) in [4.78, 5) is 11.6. The number of carbonyl (C=O) groups excluding carboxylic acids is 1. The Hall–Kier alpha value is -1.14. The summed E-state index contributed by atoms with van der Waals surface area (Å²) in [7, 11) is 1.11. The molecule has 0 aromatic heterocycles. The van der Waals surface area contributed by atoms with Crippen LogP contribution < -0.4 is 5.32 Å². The number of nitrogens with one attached hydrogen (secondary N) is 1. The summed E-state index contributed by atoms with van der Waals surface area (Å²) < 4.78 is 35.9. The predicted octanol–water partition coefficient (Wildman–Crippen LogP) is 3.06. The van der Waals surface area contributed by atoms with Gasteiger partial charge in [-0.05, 0) is 36.5 Å². The van der Waals surface area contributed by atoms with Gasteiger partial charge in [0.2, 0.25) is 0 Å². The molecule has 4 nitrogen and oxygen atoms in total. The van der Waals surface area contributed by atoms with E-state index in [4.69, 9.17) is 10.7 Å². The molecule has 7 heteroatoms. The number of halogens is 2. The van der Waals surface area contributed by atoms with Crippen molar-refractivity contribution in [1.82, 2.24) is 5.32 Å². The summed E-state index contributed by atoms with van der Waals surface area (Å²) >= 11 is 0. The number of carbonyl (C=O) groups is 1. The standard InChI is InChI=1S/C14H17ClFNO3S/c1-14(4-2-3-5-14)9-17-13(18)10-6-11(16)8-12(7-10)21(15,19)20/h6-8H,2-5,9H2,1H3,(H,17,18). The first-order chi connectivity index (χ1) is 9.70. The maximum absolute atomic E-state index is 13.4. The van der Waals surface area contributed by atoms with Crippen LogP contribution in [0.4, 0.5) is 4.39 Å². The average molecular weight is 334 g/mol. The van der Waals surface area contributed by atoms with Gasteiger partial charge in [0.15, 0.2) is 0 Å². The van der Waals surface area contributed by atoms with Crippen LogP contribution in [0.3, 0.4) is 0 Å². The van der Waals surface area contributed by atoms with Crippen molar-refractivity contribution in [3.63, 3.8) is 0 Å². The maximum atomic E-state index is 13.4. The lowest BCUT2D eigenvalue weighted by Gasteiger charge is -2.23. The third-order valence-electron chi connectivity index (χ3n) is 3.90. The SMILES string of the molecule is CC1(CNC(=O)c2cc(F)cc(S(=O)(=O)Cl)c2)CCCC1. The van der Waals surface area contributed by atoms with Crippen molar-refractivity contribution in [2.24, 2.45) is 5.41 Å². The second-order valence-corrected chi connectivity index (χ2v) is 8.38. The van der Waals surface area contributed by atoms with Crippen LogP contribution in [0.5, 0.6) is 0 Å². The largest absolute Gasteiger partial charge is 0.351 e. The van der Waals surface area contributed by atoms with Crippen molar-refractivity contribution in [2.75, 3.05) is 6.54 Å². The summed E-state index contributed by atoms with van der Waals surface area (Å²) in [6.07, 6.45) is 4.36. The molecular weight excluding hydrogens is 317 g/mol. The van der Waals surface area contributed by atoms with Gasteiger partial charge in [-0.2, -0.15) is 0 Å². The van der Waals surface area contributed by atoms with Gasteiger partial charge in [0, 0.05) is 22.8 Å². The minimum Gasteiger partial charge on any atom is -0.351 e. The Balaban J connectivity index is 2.14. The van der Waals surface area contributed by atoms with E-state index < -0.39 is 25.7 Å². The van der Waals surface area contributed by atoms with E-state index >= 15 is 0 Å². The molecule has 2 rings (SSSR count). The van der Waals surface area contributed by atoms with Gasteiger partial charge < -0.3 is 5.32 Å². The molecule has 0 radical (unpaired) electrons. The fraction of sp³-hybridized carbons (Fsp3) is 0.500. The van der Waals surface area contributed by atoms with E-state index in [2.05, 4.69) is 12.2 Å². The molecule has 1 saturated carbocycles. The molecule has 116 valence electrons. The molecule has 1 aromatic rings. The van der Waals surface area contributed by atoms with Crippen molar-refractivity contribution in [1.29, 1.82) is 0 Å². The third-order valence-corrected chi connectivity index (χ3v) is 5.23. The highest BCUT2D eigenvalue weighted by Gasteiger charge is 2.29. The van der Waals surface area contributed by atoms with Gasteiger partial charge in [-0.25, -0.2) is 12.8 Å². The zero-order valence-electron chi connectivity index (χ0n) is 11.7. The normalized spacial score (nSPS) is 17.7. The molecule has 0 heterocycles. The van der Waals surface area contributed by atoms with Gasteiger partial charge in [0.05, 0.1) is 4.90 Å². The lowest BCUT2D eigenvalue weighted by molar-refractivity contribution is 0.0933. The molecule has 1 fully saturated rings. The van der Waals surface area contributed by atoms with Gasteiger partial charge in [-0.3, -0.25) is 4.79 Å². The van der Waals surface area contributed by atoms with Crippen LogP contribution in [0, 0.1) is 11.2 Å². The summed E-state index contributed by atoms with van der Waals surface area (Å²) in [5.41, 5.74) is 0.0144. The average Bonchev–Trinajstić information content (AvgIpc) is 2.82. The second kappa shape index (κ2) is 5.93. The lowest BCUT2D eigenvalue weighted by atomic mass is 9.89. The van der Waals surface area contributed by atoms with Gasteiger partial charge in [-0.15, -0.1) is 0 Å². The van der Waals surface area contributed by atoms with Crippen molar-refractivity contribution >= 4 is 25.6 Å². The summed E-state index contributed by atoms with van der Waals surface area (Å²) in [5, 5.41) is 2.74. The van der Waals surface area contributed by atoms with Gasteiger partial charge >= 0.3 is 0 Å². The first-order valence-electron chi connectivity index (χ1n) is 6.73. The van der Waals surface area contributed by atoms with E-state index in [9.17, 15) is 17.6 Å². The van der Waals surface area contributed by atoms with Crippen LogP contribution >= 0.6 is 10.7 Å². The molecule has 0 unspecified atom stereocenters. The Morgan fingerprint density at radius 1 is 1.33 bits per heavy atom. The molecule has 21 heavy (non-hydrogen) atoms. The van der Waals surface area contributed by atoms with Crippen LogP contribution in [-0.4, -0.2) is 20.9 Å². The van der Waals surface area contributed by atoms with Crippen LogP contribution in [-0.2, 0) is 9.05 Å². The Labute approximate surface area is 128 Å². The fourth-order valence-electron chi connectivity index (χ4n) is 2.64. The zero-order valence-corrected chi connectivity index (χ0v) is 13.2. The van der Waals surface area contributed by atoms with Crippen LogP contribution in [0.1, 0.15) is 43.0 Å². The molecule has 0 saturated heterocycles.